The first-order valence-electron chi connectivity index (χ1n) is 6.07. The lowest BCUT2D eigenvalue weighted by atomic mass is 10.1. The predicted octanol–water partition coefficient (Wildman–Crippen LogP) is 2.54. The van der Waals surface area contributed by atoms with Crippen LogP contribution in [0.25, 0.3) is 0 Å². The van der Waals surface area contributed by atoms with Gasteiger partial charge in [-0.25, -0.2) is 8.78 Å². The molecule has 94 valence electrons. The highest BCUT2D eigenvalue weighted by molar-refractivity contribution is 5.50. The maximum absolute atomic E-state index is 13.7. The Bertz CT molecular complexity index is 375. The lowest BCUT2D eigenvalue weighted by Crippen LogP contribution is -2.55. The second-order valence-electron chi connectivity index (χ2n) is 4.59. The fourth-order valence-corrected chi connectivity index (χ4v) is 2.28. The molecule has 4 heteroatoms. The van der Waals surface area contributed by atoms with Gasteiger partial charge in [0, 0.05) is 25.2 Å². The minimum atomic E-state index is -0.478. The van der Waals surface area contributed by atoms with Crippen LogP contribution in [0.1, 0.15) is 20.3 Å². The molecule has 0 aliphatic carbocycles. The smallest absolute Gasteiger partial charge is 0.149 e. The number of benzene rings is 1. The summed E-state index contributed by atoms with van der Waals surface area (Å²) in [6.07, 6.45) is 0.958. The number of rotatable bonds is 2. The summed E-state index contributed by atoms with van der Waals surface area (Å²) in [6.45, 7) is 5.45. The Morgan fingerprint density at radius 3 is 2.59 bits per heavy atom. The Labute approximate surface area is 101 Å². The molecule has 1 saturated heterocycles. The molecule has 2 nitrogen and oxygen atoms in total. The lowest BCUT2D eigenvalue weighted by Gasteiger charge is -2.40. The van der Waals surface area contributed by atoms with E-state index in [0.717, 1.165) is 13.0 Å². The van der Waals surface area contributed by atoms with Gasteiger partial charge in [0.25, 0.3) is 0 Å². The zero-order valence-electron chi connectivity index (χ0n) is 10.2. The van der Waals surface area contributed by atoms with Crippen LogP contribution in [0.2, 0.25) is 0 Å². The Kier molecular flexibility index (Phi) is 3.62. The van der Waals surface area contributed by atoms with Crippen LogP contribution < -0.4 is 10.2 Å². The average Bonchev–Trinajstić information content (AvgIpc) is 2.31. The molecule has 0 aromatic heterocycles. The number of halogens is 2. The lowest BCUT2D eigenvalue weighted by molar-refractivity contribution is 0.389. The highest BCUT2D eigenvalue weighted by Gasteiger charge is 2.27. The Balaban J connectivity index is 2.30. The van der Waals surface area contributed by atoms with Gasteiger partial charge in [-0.2, -0.15) is 0 Å². The van der Waals surface area contributed by atoms with E-state index in [2.05, 4.69) is 12.2 Å². The molecule has 0 amide bonds. The van der Waals surface area contributed by atoms with Gasteiger partial charge in [0.15, 0.2) is 0 Å². The van der Waals surface area contributed by atoms with E-state index in [9.17, 15) is 8.78 Å². The van der Waals surface area contributed by atoms with Gasteiger partial charge in [0.2, 0.25) is 0 Å². The molecule has 0 saturated carbocycles. The molecule has 2 unspecified atom stereocenters. The summed E-state index contributed by atoms with van der Waals surface area (Å²) in [5.74, 6) is -0.956. The maximum Gasteiger partial charge on any atom is 0.149 e. The van der Waals surface area contributed by atoms with Crippen LogP contribution in [-0.4, -0.2) is 25.2 Å². The van der Waals surface area contributed by atoms with E-state index < -0.39 is 11.6 Å². The number of nitrogens with zero attached hydrogens (tertiary/aromatic N) is 1. The summed E-state index contributed by atoms with van der Waals surface area (Å²) < 4.78 is 27.5. The molecule has 1 aliphatic rings. The summed E-state index contributed by atoms with van der Waals surface area (Å²) in [4.78, 5) is 1.83. The second kappa shape index (κ2) is 5.00. The van der Waals surface area contributed by atoms with Gasteiger partial charge in [-0.3, -0.25) is 0 Å². The third kappa shape index (κ3) is 2.41. The number of hydrogen-bond acceptors (Lipinski definition) is 2. The van der Waals surface area contributed by atoms with Crippen molar-refractivity contribution in [2.45, 2.75) is 32.4 Å². The Morgan fingerprint density at radius 2 is 2.00 bits per heavy atom. The largest absolute Gasteiger partial charge is 0.361 e. The van der Waals surface area contributed by atoms with Crippen molar-refractivity contribution in [3.8, 4) is 0 Å². The third-order valence-electron chi connectivity index (χ3n) is 3.37. The van der Waals surface area contributed by atoms with Crippen LogP contribution >= 0.6 is 0 Å². The number of para-hydroxylation sites is 1. The van der Waals surface area contributed by atoms with Gasteiger partial charge in [0.1, 0.15) is 17.3 Å². The summed E-state index contributed by atoms with van der Waals surface area (Å²) in [5.41, 5.74) is 0.111. The zero-order valence-corrected chi connectivity index (χ0v) is 10.2. The molecule has 1 N–H and O–H groups in total. The molecule has 1 heterocycles. The van der Waals surface area contributed by atoms with Crippen LogP contribution in [0, 0.1) is 11.6 Å². The predicted molar refractivity (Wildman–Crippen MR) is 65.2 cm³/mol. The first-order valence-corrected chi connectivity index (χ1v) is 6.07. The fourth-order valence-electron chi connectivity index (χ4n) is 2.28. The van der Waals surface area contributed by atoms with E-state index in [4.69, 9.17) is 0 Å². The minimum Gasteiger partial charge on any atom is -0.361 e. The zero-order chi connectivity index (χ0) is 12.4. The summed E-state index contributed by atoms with van der Waals surface area (Å²) >= 11 is 0. The molecule has 1 aromatic carbocycles. The molecule has 2 atom stereocenters. The summed E-state index contributed by atoms with van der Waals surface area (Å²) in [7, 11) is 0. The van der Waals surface area contributed by atoms with Crippen LogP contribution in [0.4, 0.5) is 14.5 Å². The molecule has 1 aromatic rings. The van der Waals surface area contributed by atoms with Gasteiger partial charge in [-0.05, 0) is 25.5 Å². The highest BCUT2D eigenvalue weighted by atomic mass is 19.1. The van der Waals surface area contributed by atoms with Crippen molar-refractivity contribution in [2.24, 2.45) is 0 Å². The van der Waals surface area contributed by atoms with Gasteiger partial charge in [0.05, 0.1) is 0 Å². The molecule has 1 aliphatic heterocycles. The highest BCUT2D eigenvalue weighted by Crippen LogP contribution is 2.26. The number of piperazine rings is 1. The van der Waals surface area contributed by atoms with Gasteiger partial charge in [-0.1, -0.05) is 13.0 Å². The molecule has 0 radical (unpaired) electrons. The molecule has 0 spiro atoms. The van der Waals surface area contributed by atoms with E-state index in [0.29, 0.717) is 12.6 Å². The summed E-state index contributed by atoms with van der Waals surface area (Å²) in [5, 5.41) is 3.37. The quantitative estimate of drug-likeness (QED) is 0.854. The van der Waals surface area contributed by atoms with E-state index in [1.165, 1.54) is 18.2 Å². The van der Waals surface area contributed by atoms with Crippen molar-refractivity contribution in [3.05, 3.63) is 29.8 Å². The van der Waals surface area contributed by atoms with Crippen molar-refractivity contribution < 1.29 is 8.78 Å². The Hall–Kier alpha value is -1.16. The van der Waals surface area contributed by atoms with Crippen molar-refractivity contribution in [1.29, 1.82) is 0 Å². The van der Waals surface area contributed by atoms with Crippen molar-refractivity contribution in [2.75, 3.05) is 18.0 Å². The standard InChI is InChI=1S/C13H18F2N2/c1-3-10-8-17(9(2)7-16-10)13-11(14)5-4-6-12(13)15/h4-6,9-10,16H,3,7-8H2,1-2H3. The van der Waals surface area contributed by atoms with Gasteiger partial charge in [-0.15, -0.1) is 0 Å². The van der Waals surface area contributed by atoms with Crippen molar-refractivity contribution in [3.63, 3.8) is 0 Å². The summed E-state index contributed by atoms with van der Waals surface area (Å²) in [6, 6.07) is 4.43. The first-order chi connectivity index (χ1) is 8.13. The van der Waals surface area contributed by atoms with E-state index in [1.807, 2.05) is 11.8 Å². The second-order valence-corrected chi connectivity index (χ2v) is 4.59. The number of hydrogen-bond donors (Lipinski definition) is 1. The van der Waals surface area contributed by atoms with Crippen molar-refractivity contribution >= 4 is 5.69 Å². The topological polar surface area (TPSA) is 15.3 Å². The van der Waals surface area contributed by atoms with Crippen LogP contribution in [0.15, 0.2) is 18.2 Å². The van der Waals surface area contributed by atoms with Crippen molar-refractivity contribution in [1.82, 2.24) is 5.32 Å². The SMILES string of the molecule is CCC1CN(c2c(F)cccc2F)C(C)CN1. The van der Waals surface area contributed by atoms with E-state index >= 15 is 0 Å². The molecular formula is C13H18F2N2. The molecule has 0 bridgehead atoms. The van der Waals surface area contributed by atoms with Crippen LogP contribution in [-0.2, 0) is 0 Å². The molecule has 2 rings (SSSR count). The number of anilines is 1. The minimum absolute atomic E-state index is 0.101. The van der Waals surface area contributed by atoms with Crippen LogP contribution in [0.3, 0.4) is 0 Å². The first kappa shape index (κ1) is 12.3. The van der Waals surface area contributed by atoms with E-state index in [1.54, 1.807) is 0 Å². The van der Waals surface area contributed by atoms with Gasteiger partial charge < -0.3 is 10.2 Å². The maximum atomic E-state index is 13.7. The normalized spacial score (nSPS) is 25.1. The Morgan fingerprint density at radius 1 is 1.35 bits per heavy atom. The van der Waals surface area contributed by atoms with Gasteiger partial charge >= 0.3 is 0 Å². The molecular weight excluding hydrogens is 222 g/mol. The van der Waals surface area contributed by atoms with E-state index in [-0.39, 0.29) is 11.7 Å². The fraction of sp³-hybridized carbons (Fsp3) is 0.538. The number of nitrogens with one attached hydrogen (secondary N) is 1. The average molecular weight is 240 g/mol. The third-order valence-corrected chi connectivity index (χ3v) is 3.37. The molecule has 1 fully saturated rings. The molecule has 17 heavy (non-hydrogen) atoms. The van der Waals surface area contributed by atoms with Crippen LogP contribution in [0.5, 0.6) is 0 Å². The monoisotopic (exact) mass is 240 g/mol.